The molecular formula is C14H24N2O. The van der Waals surface area contributed by atoms with Crippen LogP contribution in [-0.2, 0) is 0 Å². The van der Waals surface area contributed by atoms with Crippen LogP contribution in [0, 0.1) is 5.92 Å². The first-order valence-corrected chi connectivity index (χ1v) is 6.15. The monoisotopic (exact) mass is 236 g/mol. The van der Waals surface area contributed by atoms with Gasteiger partial charge in [-0.25, -0.2) is 0 Å². The third-order valence-corrected chi connectivity index (χ3v) is 2.67. The molecule has 0 atom stereocenters. The van der Waals surface area contributed by atoms with Gasteiger partial charge < -0.3 is 15.4 Å². The van der Waals surface area contributed by atoms with Crippen molar-refractivity contribution in [2.45, 2.75) is 33.7 Å². The fraction of sp³-hybridized carbons (Fsp3) is 0.571. The molecule has 0 spiro atoms. The third kappa shape index (κ3) is 3.84. The van der Waals surface area contributed by atoms with E-state index in [9.17, 15) is 0 Å². The normalized spacial score (nSPS) is 11.0. The number of benzene rings is 1. The third-order valence-electron chi connectivity index (χ3n) is 2.67. The highest BCUT2D eigenvalue weighted by Gasteiger charge is 2.13. The van der Waals surface area contributed by atoms with Gasteiger partial charge in [0.05, 0.1) is 7.11 Å². The van der Waals surface area contributed by atoms with E-state index in [1.165, 1.54) is 0 Å². The summed E-state index contributed by atoms with van der Waals surface area (Å²) in [6, 6.07) is 6.34. The highest BCUT2D eigenvalue weighted by atomic mass is 16.5. The van der Waals surface area contributed by atoms with Gasteiger partial charge in [-0.1, -0.05) is 13.8 Å². The van der Waals surface area contributed by atoms with Crippen LogP contribution in [0.15, 0.2) is 18.2 Å². The molecule has 1 rings (SSSR count). The van der Waals surface area contributed by atoms with Gasteiger partial charge in [-0.2, -0.15) is 0 Å². The van der Waals surface area contributed by atoms with Gasteiger partial charge in [-0.15, -0.1) is 0 Å². The Bertz CT molecular complexity index is 361. The van der Waals surface area contributed by atoms with Crippen molar-refractivity contribution in [1.82, 2.24) is 0 Å². The molecule has 0 heterocycles. The van der Waals surface area contributed by atoms with Crippen LogP contribution in [0.5, 0.6) is 5.75 Å². The second-order valence-corrected chi connectivity index (χ2v) is 5.10. The van der Waals surface area contributed by atoms with Crippen LogP contribution >= 0.6 is 0 Å². The topological polar surface area (TPSA) is 38.5 Å². The predicted octanol–water partition coefficient (Wildman–Crippen LogP) is 3.15. The van der Waals surface area contributed by atoms with Crippen molar-refractivity contribution in [2.75, 3.05) is 24.3 Å². The molecule has 0 unspecified atom stereocenters. The molecule has 0 amide bonds. The molecule has 0 aromatic heterocycles. The quantitative estimate of drug-likeness (QED) is 0.798. The summed E-state index contributed by atoms with van der Waals surface area (Å²) in [6.45, 7) is 9.85. The van der Waals surface area contributed by atoms with E-state index in [0.29, 0.717) is 12.0 Å². The molecule has 2 N–H and O–H groups in total. The Balaban J connectivity index is 3.04. The lowest BCUT2D eigenvalue weighted by Crippen LogP contribution is -2.34. The van der Waals surface area contributed by atoms with Gasteiger partial charge in [0.25, 0.3) is 0 Å². The van der Waals surface area contributed by atoms with E-state index in [-0.39, 0.29) is 0 Å². The molecule has 0 aliphatic carbocycles. The zero-order valence-electron chi connectivity index (χ0n) is 11.5. The molecule has 0 saturated heterocycles. The Morgan fingerprint density at radius 2 is 1.82 bits per heavy atom. The van der Waals surface area contributed by atoms with Crippen LogP contribution in [-0.4, -0.2) is 19.7 Å². The zero-order chi connectivity index (χ0) is 13.0. The van der Waals surface area contributed by atoms with E-state index >= 15 is 0 Å². The Morgan fingerprint density at radius 3 is 2.29 bits per heavy atom. The Morgan fingerprint density at radius 1 is 1.18 bits per heavy atom. The number of rotatable bonds is 5. The van der Waals surface area contributed by atoms with E-state index in [2.05, 4.69) is 32.6 Å². The van der Waals surface area contributed by atoms with Gasteiger partial charge in [0, 0.05) is 36.1 Å². The van der Waals surface area contributed by atoms with Gasteiger partial charge in [0.2, 0.25) is 0 Å². The lowest BCUT2D eigenvalue weighted by molar-refractivity contribution is 0.414. The maximum atomic E-state index is 5.90. The van der Waals surface area contributed by atoms with Crippen molar-refractivity contribution >= 4 is 11.4 Å². The lowest BCUT2D eigenvalue weighted by atomic mass is 10.1. The molecule has 0 radical (unpaired) electrons. The van der Waals surface area contributed by atoms with Crippen molar-refractivity contribution in [3.05, 3.63) is 18.2 Å². The van der Waals surface area contributed by atoms with Crippen LogP contribution in [0.25, 0.3) is 0 Å². The summed E-state index contributed by atoms with van der Waals surface area (Å²) in [7, 11) is 1.67. The fourth-order valence-electron chi connectivity index (χ4n) is 1.90. The molecule has 17 heavy (non-hydrogen) atoms. The van der Waals surface area contributed by atoms with Gasteiger partial charge in [0.15, 0.2) is 0 Å². The van der Waals surface area contributed by atoms with Crippen molar-refractivity contribution in [3.8, 4) is 5.75 Å². The van der Waals surface area contributed by atoms with E-state index < -0.39 is 0 Å². The van der Waals surface area contributed by atoms with E-state index in [1.807, 2.05) is 18.2 Å². The summed E-state index contributed by atoms with van der Waals surface area (Å²) in [5, 5.41) is 0. The molecule has 3 nitrogen and oxygen atoms in total. The van der Waals surface area contributed by atoms with E-state index in [1.54, 1.807) is 7.11 Å². The van der Waals surface area contributed by atoms with Crippen molar-refractivity contribution in [1.29, 1.82) is 0 Å². The van der Waals surface area contributed by atoms with Crippen LogP contribution in [0.2, 0.25) is 0 Å². The minimum atomic E-state index is 0.448. The number of methoxy groups -OCH3 is 1. The van der Waals surface area contributed by atoms with Crippen molar-refractivity contribution in [3.63, 3.8) is 0 Å². The number of anilines is 2. The van der Waals surface area contributed by atoms with Gasteiger partial charge in [-0.05, 0) is 25.8 Å². The van der Waals surface area contributed by atoms with Crippen molar-refractivity contribution in [2.24, 2.45) is 5.92 Å². The first-order valence-electron chi connectivity index (χ1n) is 6.15. The predicted molar refractivity (Wildman–Crippen MR) is 74.7 cm³/mol. The molecule has 0 aliphatic rings. The summed E-state index contributed by atoms with van der Waals surface area (Å²) in [6.07, 6.45) is 0. The molecule has 0 bridgehead atoms. The molecule has 3 heteroatoms. The molecule has 96 valence electrons. The number of hydrogen-bond donors (Lipinski definition) is 1. The van der Waals surface area contributed by atoms with Crippen molar-refractivity contribution < 1.29 is 4.74 Å². The second kappa shape index (κ2) is 5.80. The SMILES string of the molecule is COc1cc(N)cc(N(CC(C)C)C(C)C)c1. The first kappa shape index (κ1) is 13.7. The summed E-state index contributed by atoms with van der Waals surface area (Å²) < 4.78 is 5.26. The standard InChI is InChI=1S/C14H24N2O/c1-10(2)9-16(11(3)4)13-6-12(15)7-14(8-13)17-5/h6-8,10-11H,9,15H2,1-5H3. The number of nitrogens with zero attached hydrogens (tertiary/aromatic N) is 1. The van der Waals surface area contributed by atoms with Gasteiger partial charge >= 0.3 is 0 Å². The number of hydrogen-bond acceptors (Lipinski definition) is 3. The average molecular weight is 236 g/mol. The Kier molecular flexibility index (Phi) is 4.67. The summed E-state index contributed by atoms with van der Waals surface area (Å²) in [5.74, 6) is 1.43. The van der Waals surface area contributed by atoms with E-state index in [4.69, 9.17) is 10.5 Å². The second-order valence-electron chi connectivity index (χ2n) is 5.10. The maximum absolute atomic E-state index is 5.90. The molecule has 1 aromatic carbocycles. The summed E-state index contributed by atoms with van der Waals surface area (Å²) in [5.41, 5.74) is 7.77. The minimum Gasteiger partial charge on any atom is -0.497 e. The highest BCUT2D eigenvalue weighted by Crippen LogP contribution is 2.27. The zero-order valence-corrected chi connectivity index (χ0v) is 11.5. The smallest absolute Gasteiger partial charge is 0.122 e. The maximum Gasteiger partial charge on any atom is 0.122 e. The van der Waals surface area contributed by atoms with Crippen LogP contribution < -0.4 is 15.4 Å². The number of ether oxygens (including phenoxy) is 1. The fourth-order valence-corrected chi connectivity index (χ4v) is 1.90. The Hall–Kier alpha value is -1.38. The van der Waals surface area contributed by atoms with Crippen LogP contribution in [0.4, 0.5) is 11.4 Å². The molecular weight excluding hydrogens is 212 g/mol. The van der Waals surface area contributed by atoms with Crippen LogP contribution in [0.1, 0.15) is 27.7 Å². The number of nitrogens with two attached hydrogens (primary N) is 1. The summed E-state index contributed by atoms with van der Waals surface area (Å²) in [4.78, 5) is 2.35. The van der Waals surface area contributed by atoms with Gasteiger partial charge in [-0.3, -0.25) is 0 Å². The van der Waals surface area contributed by atoms with E-state index in [0.717, 1.165) is 23.7 Å². The van der Waals surface area contributed by atoms with Gasteiger partial charge in [0.1, 0.15) is 5.75 Å². The highest BCUT2D eigenvalue weighted by molar-refractivity contribution is 5.61. The number of nitrogen functional groups attached to an aromatic ring is 1. The molecule has 0 fully saturated rings. The summed E-state index contributed by atoms with van der Waals surface area (Å²) >= 11 is 0. The largest absolute Gasteiger partial charge is 0.497 e. The molecule has 1 aromatic rings. The average Bonchev–Trinajstić information content (AvgIpc) is 2.24. The van der Waals surface area contributed by atoms with Crippen LogP contribution in [0.3, 0.4) is 0 Å². The lowest BCUT2D eigenvalue weighted by Gasteiger charge is -2.31. The molecule has 0 aliphatic heterocycles. The Labute approximate surface area is 105 Å². The molecule has 0 saturated carbocycles. The first-order chi connectivity index (χ1) is 7.93. The minimum absolute atomic E-state index is 0.448.